The topological polar surface area (TPSA) is 27.7 Å². The average Bonchev–Trinajstić information content (AvgIpc) is 3.00. The summed E-state index contributed by atoms with van der Waals surface area (Å²) < 4.78 is 19.3. The minimum Gasteiger partial charge on any atom is -0.378 e. The molecule has 42 heavy (non-hydrogen) atoms. The van der Waals surface area contributed by atoms with E-state index in [2.05, 4.69) is 19.7 Å². The van der Waals surface area contributed by atoms with Crippen LogP contribution in [0.1, 0.15) is 173 Å². The molecule has 0 aromatic carbocycles. The molecule has 0 heterocycles. The largest absolute Gasteiger partial charge is 0.378 e. The fourth-order valence-electron chi connectivity index (χ4n) is 6.15. The van der Waals surface area contributed by atoms with Gasteiger partial charge >= 0.3 is 0 Å². The molecule has 1 rings (SSSR count). The minimum absolute atomic E-state index is 0.291. The van der Waals surface area contributed by atoms with Gasteiger partial charge in [0.2, 0.25) is 0 Å². The maximum atomic E-state index is 6.42. The molecule has 0 aromatic heterocycles. The second-order valence-electron chi connectivity index (χ2n) is 12.8. The van der Waals surface area contributed by atoms with Gasteiger partial charge in [-0.3, -0.25) is 0 Å². The zero-order valence-electron chi connectivity index (χ0n) is 28.0. The van der Waals surface area contributed by atoms with E-state index in [9.17, 15) is 0 Å². The molecule has 246 valence electrons. The van der Waals surface area contributed by atoms with E-state index >= 15 is 0 Å². The van der Waals surface area contributed by atoms with Gasteiger partial charge in [-0.2, -0.15) is 0 Å². The Morgan fingerprint density at radius 2 is 0.548 bits per heavy atom. The van der Waals surface area contributed by atoms with Gasteiger partial charge in [-0.05, 0) is 77.0 Å². The van der Waals surface area contributed by atoms with E-state index < -0.39 is 0 Å². The van der Waals surface area contributed by atoms with Crippen LogP contribution in [0.5, 0.6) is 0 Å². The number of hydrogen-bond acceptors (Lipinski definition) is 3. The molecule has 0 radical (unpaired) electrons. The van der Waals surface area contributed by atoms with Gasteiger partial charge in [0.25, 0.3) is 0 Å². The predicted octanol–water partition coefficient (Wildman–Crippen LogP) is 12.2. The molecule has 0 bridgehead atoms. The highest BCUT2D eigenvalue weighted by Gasteiger charge is 2.30. The number of unbranched alkanes of at least 4 members (excludes halogenated alkanes) is 21. The molecule has 1 fully saturated rings. The van der Waals surface area contributed by atoms with Crippen LogP contribution in [0.3, 0.4) is 0 Å². The van der Waals surface area contributed by atoms with E-state index in [0.29, 0.717) is 18.3 Å². The molecule has 0 N–H and O–H groups in total. The second kappa shape index (κ2) is 31.5. The lowest BCUT2D eigenvalue weighted by molar-refractivity contribution is -0.102. The van der Waals surface area contributed by atoms with Gasteiger partial charge in [-0.25, -0.2) is 0 Å². The first kappa shape index (κ1) is 39.1. The highest BCUT2D eigenvalue weighted by atomic mass is 16.5. The summed E-state index contributed by atoms with van der Waals surface area (Å²) in [7, 11) is 0. The van der Waals surface area contributed by atoms with E-state index in [1.807, 2.05) is 18.2 Å². The summed E-state index contributed by atoms with van der Waals surface area (Å²) in [6.45, 7) is 14.1. The van der Waals surface area contributed by atoms with Crippen LogP contribution in [-0.4, -0.2) is 38.1 Å². The molecule has 0 spiro atoms. The van der Waals surface area contributed by atoms with Crippen LogP contribution in [0.25, 0.3) is 0 Å². The Labute approximate surface area is 263 Å². The number of ether oxygens (including phenoxy) is 3. The highest BCUT2D eigenvalue weighted by molar-refractivity contribution is 4.81. The van der Waals surface area contributed by atoms with Gasteiger partial charge < -0.3 is 14.2 Å². The van der Waals surface area contributed by atoms with Gasteiger partial charge in [0, 0.05) is 19.8 Å². The highest BCUT2D eigenvalue weighted by Crippen LogP contribution is 2.27. The Kier molecular flexibility index (Phi) is 29.4. The second-order valence-corrected chi connectivity index (χ2v) is 12.8. The van der Waals surface area contributed by atoms with Gasteiger partial charge in [0.05, 0.1) is 18.3 Å². The van der Waals surface area contributed by atoms with Crippen molar-refractivity contribution in [2.75, 3.05) is 19.8 Å². The number of hydrogen-bond donors (Lipinski definition) is 0. The molecule has 1 aliphatic carbocycles. The SMILES string of the molecule is C=CCCCCCCCCCOC1CC(OCCCCCCCCCC=C)CC(OCCCCCCCCCC=C)C1. The fraction of sp³-hybridized carbons (Fsp3) is 0.846. The normalized spacial score (nSPS) is 18.7. The lowest BCUT2D eigenvalue weighted by Gasteiger charge is -2.35. The summed E-state index contributed by atoms with van der Waals surface area (Å²) in [5.41, 5.74) is 0. The summed E-state index contributed by atoms with van der Waals surface area (Å²) in [4.78, 5) is 0. The molecular formula is C39H72O3. The Hall–Kier alpha value is -0.900. The van der Waals surface area contributed by atoms with Crippen LogP contribution in [0, 0.1) is 0 Å². The first-order valence-corrected chi connectivity index (χ1v) is 18.5. The summed E-state index contributed by atoms with van der Waals surface area (Å²) >= 11 is 0. The monoisotopic (exact) mass is 589 g/mol. The van der Waals surface area contributed by atoms with Crippen molar-refractivity contribution in [3.63, 3.8) is 0 Å². The summed E-state index contributed by atoms with van der Waals surface area (Å²) in [5, 5.41) is 0. The van der Waals surface area contributed by atoms with E-state index in [-0.39, 0.29) is 0 Å². The van der Waals surface area contributed by atoms with Crippen LogP contribution in [0.15, 0.2) is 38.0 Å². The molecule has 0 atom stereocenters. The smallest absolute Gasteiger partial charge is 0.0624 e. The lowest BCUT2D eigenvalue weighted by atomic mass is 9.92. The zero-order valence-corrected chi connectivity index (χ0v) is 28.0. The van der Waals surface area contributed by atoms with Crippen molar-refractivity contribution in [3.8, 4) is 0 Å². The van der Waals surface area contributed by atoms with Crippen LogP contribution in [-0.2, 0) is 14.2 Å². The molecule has 0 aromatic rings. The van der Waals surface area contributed by atoms with Crippen molar-refractivity contribution in [1.82, 2.24) is 0 Å². The van der Waals surface area contributed by atoms with Crippen LogP contribution in [0.4, 0.5) is 0 Å². The summed E-state index contributed by atoms with van der Waals surface area (Å²) in [5.74, 6) is 0. The van der Waals surface area contributed by atoms with E-state index in [0.717, 1.165) is 58.3 Å². The lowest BCUT2D eigenvalue weighted by Crippen LogP contribution is -2.37. The van der Waals surface area contributed by atoms with Crippen molar-refractivity contribution in [1.29, 1.82) is 0 Å². The van der Waals surface area contributed by atoms with Crippen molar-refractivity contribution in [3.05, 3.63) is 38.0 Å². The first-order valence-electron chi connectivity index (χ1n) is 18.5. The van der Waals surface area contributed by atoms with Gasteiger partial charge in [-0.15, -0.1) is 19.7 Å². The van der Waals surface area contributed by atoms with Crippen molar-refractivity contribution in [2.24, 2.45) is 0 Å². The molecular weight excluding hydrogens is 516 g/mol. The standard InChI is InChI=1S/C39H72O3/c1-4-7-10-13-16-19-22-25-28-31-40-37-34-38(41-32-29-26-23-20-17-14-11-8-5-2)36-39(35-37)42-33-30-27-24-21-18-15-12-9-6-3/h4-6,37-39H,1-3,7-36H2. The molecule has 3 heteroatoms. The van der Waals surface area contributed by atoms with Gasteiger partial charge in [0.15, 0.2) is 0 Å². The predicted molar refractivity (Wildman–Crippen MR) is 184 cm³/mol. The van der Waals surface area contributed by atoms with E-state index in [1.165, 1.54) is 135 Å². The Balaban J connectivity index is 2.24. The molecule has 1 saturated carbocycles. The quantitative estimate of drug-likeness (QED) is 0.0563. The third kappa shape index (κ3) is 25.6. The first-order chi connectivity index (χ1) is 20.8. The third-order valence-electron chi connectivity index (χ3n) is 8.80. The third-order valence-corrected chi connectivity index (χ3v) is 8.80. The summed E-state index contributed by atoms with van der Waals surface area (Å²) in [6.07, 6.45) is 41.1. The van der Waals surface area contributed by atoms with E-state index in [4.69, 9.17) is 14.2 Å². The Morgan fingerprint density at radius 3 is 0.786 bits per heavy atom. The van der Waals surface area contributed by atoms with Crippen molar-refractivity contribution >= 4 is 0 Å². The fourth-order valence-corrected chi connectivity index (χ4v) is 6.15. The number of rotatable bonds is 33. The van der Waals surface area contributed by atoms with Crippen molar-refractivity contribution < 1.29 is 14.2 Å². The Morgan fingerprint density at radius 1 is 0.333 bits per heavy atom. The van der Waals surface area contributed by atoms with Gasteiger partial charge in [0.1, 0.15) is 0 Å². The van der Waals surface area contributed by atoms with Gasteiger partial charge in [-0.1, -0.05) is 115 Å². The van der Waals surface area contributed by atoms with Crippen LogP contribution in [0.2, 0.25) is 0 Å². The average molecular weight is 589 g/mol. The molecule has 0 amide bonds. The zero-order chi connectivity index (χ0) is 30.2. The molecule has 1 aliphatic rings. The summed E-state index contributed by atoms with van der Waals surface area (Å²) in [6, 6.07) is 0. The van der Waals surface area contributed by atoms with Crippen LogP contribution >= 0.6 is 0 Å². The maximum Gasteiger partial charge on any atom is 0.0624 e. The maximum absolute atomic E-state index is 6.42. The van der Waals surface area contributed by atoms with E-state index in [1.54, 1.807) is 0 Å². The van der Waals surface area contributed by atoms with Crippen LogP contribution < -0.4 is 0 Å². The van der Waals surface area contributed by atoms with Crippen molar-refractivity contribution in [2.45, 2.75) is 192 Å². The molecule has 0 aliphatic heterocycles. The number of allylic oxidation sites excluding steroid dienone is 3. The molecule has 0 unspecified atom stereocenters. The molecule has 0 saturated heterocycles. The Bertz CT molecular complexity index is 501. The minimum atomic E-state index is 0.291. The molecule has 3 nitrogen and oxygen atoms in total.